The van der Waals surface area contributed by atoms with Crippen molar-refractivity contribution in [2.45, 2.75) is 32.9 Å². The van der Waals surface area contributed by atoms with Crippen LogP contribution in [0.4, 0.5) is 0 Å². The number of rotatable bonds is 6. The lowest BCUT2D eigenvalue weighted by Crippen LogP contribution is -2.28. The SMILES string of the molecule is CCC(C)NCc1ccc(-c2ccccc2OC)[nH]c1=O. The highest BCUT2D eigenvalue weighted by Crippen LogP contribution is 2.27. The van der Waals surface area contributed by atoms with Crippen molar-refractivity contribution in [3.8, 4) is 17.0 Å². The molecular formula is C17H22N2O2. The van der Waals surface area contributed by atoms with Crippen molar-refractivity contribution >= 4 is 0 Å². The van der Waals surface area contributed by atoms with Crippen LogP contribution in [0, 0.1) is 0 Å². The van der Waals surface area contributed by atoms with Crippen LogP contribution in [0.15, 0.2) is 41.2 Å². The average molecular weight is 286 g/mol. The van der Waals surface area contributed by atoms with Gasteiger partial charge < -0.3 is 15.0 Å². The molecule has 1 aromatic carbocycles. The normalized spacial score (nSPS) is 12.1. The van der Waals surface area contributed by atoms with Gasteiger partial charge in [-0.25, -0.2) is 0 Å². The molecule has 0 amide bonds. The maximum absolute atomic E-state index is 12.2. The Balaban J connectivity index is 2.25. The lowest BCUT2D eigenvalue weighted by Gasteiger charge is -2.12. The molecule has 0 aliphatic rings. The minimum atomic E-state index is -0.0609. The van der Waals surface area contributed by atoms with E-state index in [1.807, 2.05) is 36.4 Å². The van der Waals surface area contributed by atoms with E-state index in [4.69, 9.17) is 4.74 Å². The van der Waals surface area contributed by atoms with Crippen LogP contribution in [0.25, 0.3) is 11.3 Å². The minimum Gasteiger partial charge on any atom is -0.496 e. The number of hydrogen-bond acceptors (Lipinski definition) is 3. The predicted octanol–water partition coefficient (Wildman–Crippen LogP) is 2.94. The molecule has 2 rings (SSSR count). The van der Waals surface area contributed by atoms with Crippen LogP contribution in [-0.4, -0.2) is 18.1 Å². The molecule has 1 aromatic heterocycles. The van der Waals surface area contributed by atoms with Crippen molar-refractivity contribution in [2.24, 2.45) is 0 Å². The van der Waals surface area contributed by atoms with Crippen LogP contribution in [0.1, 0.15) is 25.8 Å². The van der Waals surface area contributed by atoms with Gasteiger partial charge >= 0.3 is 0 Å². The van der Waals surface area contributed by atoms with Gasteiger partial charge in [0.1, 0.15) is 5.75 Å². The number of benzene rings is 1. The highest BCUT2D eigenvalue weighted by Gasteiger charge is 2.08. The third-order valence-electron chi connectivity index (χ3n) is 3.64. The predicted molar refractivity (Wildman–Crippen MR) is 85.6 cm³/mol. The number of methoxy groups -OCH3 is 1. The Morgan fingerprint density at radius 1 is 1.24 bits per heavy atom. The molecule has 0 radical (unpaired) electrons. The van der Waals surface area contributed by atoms with Gasteiger partial charge in [0.15, 0.2) is 0 Å². The Bertz CT molecular complexity index is 649. The Morgan fingerprint density at radius 3 is 2.67 bits per heavy atom. The Labute approximate surface area is 125 Å². The van der Waals surface area contributed by atoms with Crippen LogP contribution in [0.5, 0.6) is 5.75 Å². The van der Waals surface area contributed by atoms with E-state index in [1.54, 1.807) is 7.11 Å². The summed E-state index contributed by atoms with van der Waals surface area (Å²) >= 11 is 0. The molecule has 1 unspecified atom stereocenters. The first-order valence-electron chi connectivity index (χ1n) is 7.24. The zero-order chi connectivity index (χ0) is 15.2. The molecule has 2 aromatic rings. The highest BCUT2D eigenvalue weighted by molar-refractivity contribution is 5.66. The molecule has 0 saturated carbocycles. The Hall–Kier alpha value is -2.07. The summed E-state index contributed by atoms with van der Waals surface area (Å²) in [6.45, 7) is 4.81. The number of ether oxygens (including phenoxy) is 1. The third kappa shape index (κ3) is 3.73. The fourth-order valence-electron chi connectivity index (χ4n) is 2.10. The molecule has 0 saturated heterocycles. The zero-order valence-corrected chi connectivity index (χ0v) is 12.8. The molecule has 0 aliphatic carbocycles. The molecular weight excluding hydrogens is 264 g/mol. The smallest absolute Gasteiger partial charge is 0.252 e. The first kappa shape index (κ1) is 15.3. The summed E-state index contributed by atoms with van der Waals surface area (Å²) in [6.07, 6.45) is 1.04. The van der Waals surface area contributed by atoms with Gasteiger partial charge in [-0.1, -0.05) is 25.1 Å². The van der Waals surface area contributed by atoms with Gasteiger partial charge in [-0.15, -0.1) is 0 Å². The maximum Gasteiger partial charge on any atom is 0.252 e. The van der Waals surface area contributed by atoms with Crippen molar-refractivity contribution in [2.75, 3.05) is 7.11 Å². The van der Waals surface area contributed by atoms with E-state index >= 15 is 0 Å². The number of H-pyrrole nitrogens is 1. The van der Waals surface area contributed by atoms with Gasteiger partial charge in [-0.05, 0) is 31.5 Å². The second-order valence-electron chi connectivity index (χ2n) is 5.12. The standard InChI is InChI=1S/C17H22N2O2/c1-4-12(2)18-11-13-9-10-15(19-17(13)20)14-7-5-6-8-16(14)21-3/h5-10,12,18H,4,11H2,1-3H3,(H,19,20). The molecule has 0 spiro atoms. The number of para-hydroxylation sites is 1. The molecule has 1 heterocycles. The average Bonchev–Trinajstić information content (AvgIpc) is 2.53. The minimum absolute atomic E-state index is 0.0609. The van der Waals surface area contributed by atoms with Gasteiger partial charge in [-0.3, -0.25) is 4.79 Å². The molecule has 4 heteroatoms. The monoisotopic (exact) mass is 286 g/mol. The highest BCUT2D eigenvalue weighted by atomic mass is 16.5. The number of nitrogens with one attached hydrogen (secondary N) is 2. The van der Waals surface area contributed by atoms with Crippen LogP contribution in [0.3, 0.4) is 0 Å². The summed E-state index contributed by atoms with van der Waals surface area (Å²) in [5.74, 6) is 0.749. The van der Waals surface area contributed by atoms with E-state index in [0.29, 0.717) is 12.6 Å². The van der Waals surface area contributed by atoms with Crippen molar-refractivity contribution in [3.63, 3.8) is 0 Å². The number of aromatic amines is 1. The van der Waals surface area contributed by atoms with Gasteiger partial charge in [0, 0.05) is 23.7 Å². The first-order chi connectivity index (χ1) is 10.2. The maximum atomic E-state index is 12.2. The molecule has 1 atom stereocenters. The Kier molecular flexibility index (Phi) is 5.17. The number of pyridine rings is 1. The summed E-state index contributed by atoms with van der Waals surface area (Å²) < 4.78 is 5.33. The summed E-state index contributed by atoms with van der Waals surface area (Å²) in [7, 11) is 1.63. The van der Waals surface area contributed by atoms with Gasteiger partial charge in [0.25, 0.3) is 5.56 Å². The van der Waals surface area contributed by atoms with Crippen LogP contribution >= 0.6 is 0 Å². The molecule has 21 heavy (non-hydrogen) atoms. The third-order valence-corrected chi connectivity index (χ3v) is 3.64. The van der Waals surface area contributed by atoms with Crippen LogP contribution in [-0.2, 0) is 6.54 Å². The van der Waals surface area contributed by atoms with E-state index in [2.05, 4.69) is 24.1 Å². The zero-order valence-electron chi connectivity index (χ0n) is 12.8. The van der Waals surface area contributed by atoms with Gasteiger partial charge in [0.05, 0.1) is 12.8 Å². The largest absolute Gasteiger partial charge is 0.496 e. The second-order valence-corrected chi connectivity index (χ2v) is 5.12. The molecule has 0 aliphatic heterocycles. The van der Waals surface area contributed by atoms with E-state index in [0.717, 1.165) is 29.0 Å². The van der Waals surface area contributed by atoms with Crippen molar-refractivity contribution in [1.29, 1.82) is 0 Å². The van der Waals surface area contributed by atoms with E-state index in [-0.39, 0.29) is 5.56 Å². The van der Waals surface area contributed by atoms with Crippen molar-refractivity contribution < 1.29 is 4.74 Å². The van der Waals surface area contributed by atoms with E-state index < -0.39 is 0 Å². The lowest BCUT2D eigenvalue weighted by molar-refractivity contribution is 0.416. The summed E-state index contributed by atoms with van der Waals surface area (Å²) in [5.41, 5.74) is 2.34. The quantitative estimate of drug-likeness (QED) is 0.858. The second kappa shape index (κ2) is 7.09. The molecule has 0 bridgehead atoms. The first-order valence-corrected chi connectivity index (χ1v) is 7.24. The molecule has 2 N–H and O–H groups in total. The van der Waals surface area contributed by atoms with Gasteiger partial charge in [-0.2, -0.15) is 0 Å². The van der Waals surface area contributed by atoms with Crippen molar-refractivity contribution in [3.05, 3.63) is 52.3 Å². The van der Waals surface area contributed by atoms with Crippen LogP contribution < -0.4 is 15.6 Å². The molecule has 4 nitrogen and oxygen atoms in total. The topological polar surface area (TPSA) is 54.1 Å². The summed E-state index contributed by atoms with van der Waals surface area (Å²) in [6, 6.07) is 11.8. The molecule has 112 valence electrons. The van der Waals surface area contributed by atoms with Gasteiger partial charge in [0.2, 0.25) is 0 Å². The fourth-order valence-corrected chi connectivity index (χ4v) is 2.10. The van der Waals surface area contributed by atoms with Crippen LogP contribution in [0.2, 0.25) is 0 Å². The lowest BCUT2D eigenvalue weighted by atomic mass is 10.1. The summed E-state index contributed by atoms with van der Waals surface area (Å²) in [5, 5.41) is 3.33. The molecule has 0 fully saturated rings. The Morgan fingerprint density at radius 2 is 2.00 bits per heavy atom. The van der Waals surface area contributed by atoms with E-state index in [1.165, 1.54) is 0 Å². The fraction of sp³-hybridized carbons (Fsp3) is 0.353. The number of aromatic nitrogens is 1. The summed E-state index contributed by atoms with van der Waals surface area (Å²) in [4.78, 5) is 15.1. The van der Waals surface area contributed by atoms with E-state index in [9.17, 15) is 4.79 Å². The van der Waals surface area contributed by atoms with Crippen molar-refractivity contribution in [1.82, 2.24) is 10.3 Å². The number of hydrogen-bond donors (Lipinski definition) is 2.